The van der Waals surface area contributed by atoms with E-state index in [1.165, 1.54) is 23.1 Å². The van der Waals surface area contributed by atoms with Crippen LogP contribution in [-0.2, 0) is 6.54 Å². The van der Waals surface area contributed by atoms with Crippen molar-refractivity contribution in [2.24, 2.45) is 27.2 Å². The largest absolute Gasteiger partial charge is 0.457 e. The summed E-state index contributed by atoms with van der Waals surface area (Å²) in [4.78, 5) is 12.3. The van der Waals surface area contributed by atoms with Crippen LogP contribution in [0.15, 0.2) is 31.9 Å². The fraction of sp³-hybridized carbons (Fsp3) is 0.182. The van der Waals surface area contributed by atoms with Crippen molar-refractivity contribution in [3.8, 4) is 11.5 Å². The number of nitrogens with two attached hydrogens (primary N) is 3. The third kappa shape index (κ3) is 4.96. The molecule has 0 amide bonds. The minimum atomic E-state index is -0.0205. The average molecular weight is 347 g/mol. The van der Waals surface area contributed by atoms with E-state index < -0.39 is 0 Å². The maximum Gasteiger partial charge on any atom is 0.212 e. The molecule has 10 heteroatoms. The molecule has 0 atom stereocenters. The first-order valence-electron chi connectivity index (χ1n) is 5.56. The smallest absolute Gasteiger partial charge is 0.212 e. The third-order valence-electron chi connectivity index (χ3n) is 2.23. The minimum absolute atomic E-state index is 0. The summed E-state index contributed by atoms with van der Waals surface area (Å²) >= 11 is 2.73. The van der Waals surface area contributed by atoms with E-state index in [0.717, 1.165) is 0 Å². The molecule has 0 unspecified atom stereocenters. The number of rotatable bonds is 4. The zero-order valence-electron chi connectivity index (χ0n) is 11.1. The minimum Gasteiger partial charge on any atom is -0.457 e. The molecule has 6 N–H and O–H groups in total. The Kier molecular flexibility index (Phi) is 6.53. The fourth-order valence-corrected chi connectivity index (χ4v) is 2.25. The Bertz CT molecular complexity index is 647. The van der Waals surface area contributed by atoms with Gasteiger partial charge in [0, 0.05) is 5.38 Å². The van der Waals surface area contributed by atoms with Crippen molar-refractivity contribution in [3.05, 3.63) is 23.3 Å². The van der Waals surface area contributed by atoms with Gasteiger partial charge in [-0.1, -0.05) is 11.8 Å². The quantitative estimate of drug-likeness (QED) is 0.572. The molecular weight excluding hydrogens is 332 g/mol. The number of guanidine groups is 1. The summed E-state index contributed by atoms with van der Waals surface area (Å²) in [6, 6.07) is 3.67. The average Bonchev–Trinajstić information content (AvgIpc) is 3.03. The molecule has 0 aliphatic heterocycles. The van der Waals surface area contributed by atoms with Gasteiger partial charge in [0.15, 0.2) is 16.9 Å². The number of thioether (sulfide) groups is 1. The van der Waals surface area contributed by atoms with Crippen LogP contribution in [0.3, 0.4) is 0 Å². The van der Waals surface area contributed by atoms with Crippen LogP contribution in [0.25, 0.3) is 11.5 Å². The molecule has 0 spiro atoms. The van der Waals surface area contributed by atoms with Gasteiger partial charge in [-0.2, -0.15) is 4.99 Å². The first kappa shape index (κ1) is 17.3. The highest BCUT2D eigenvalue weighted by Gasteiger charge is 2.09. The molecule has 0 fully saturated rings. The second-order valence-corrected chi connectivity index (χ2v) is 5.34. The lowest BCUT2D eigenvalue weighted by Gasteiger charge is -1.94. The van der Waals surface area contributed by atoms with Crippen LogP contribution in [0, 0.1) is 0 Å². The van der Waals surface area contributed by atoms with Crippen molar-refractivity contribution in [1.82, 2.24) is 4.98 Å². The van der Waals surface area contributed by atoms with Gasteiger partial charge in [-0.05, 0) is 18.4 Å². The predicted octanol–water partition coefficient (Wildman–Crippen LogP) is 1.91. The number of nitrogens with zero attached hydrogens (tertiary/aromatic N) is 3. The molecule has 0 radical (unpaired) electrons. The summed E-state index contributed by atoms with van der Waals surface area (Å²) in [5.41, 5.74) is 16.9. The Balaban J connectivity index is 0.00000220. The molecule has 0 aromatic carbocycles. The van der Waals surface area contributed by atoms with Crippen LogP contribution in [0.1, 0.15) is 5.76 Å². The molecule has 2 aromatic heterocycles. The summed E-state index contributed by atoms with van der Waals surface area (Å²) < 4.78 is 5.64. The highest BCUT2D eigenvalue weighted by molar-refractivity contribution is 8.13. The Morgan fingerprint density at radius 1 is 1.38 bits per heavy atom. The highest BCUT2D eigenvalue weighted by Crippen LogP contribution is 2.28. The van der Waals surface area contributed by atoms with Crippen LogP contribution in [0.2, 0.25) is 0 Å². The van der Waals surface area contributed by atoms with E-state index >= 15 is 0 Å². The van der Waals surface area contributed by atoms with Gasteiger partial charge in [0.05, 0.1) is 6.54 Å². The standard InChI is InChI=1S/C11H14N6OS2.ClH/c1-19-10(14)15-4-6-2-3-8(18-6)7-5-20-11(16-7)17-9(12)13;/h2-3,5H,4H2,1H3,(H2,14,15)(H4,12,13,16,17);1H. The van der Waals surface area contributed by atoms with Crippen LogP contribution >= 0.6 is 35.5 Å². The molecule has 7 nitrogen and oxygen atoms in total. The SMILES string of the molecule is CSC(N)=NCc1ccc(-c2csc(N=C(N)N)n2)o1.Cl. The van der Waals surface area contributed by atoms with E-state index in [9.17, 15) is 0 Å². The van der Waals surface area contributed by atoms with Crippen molar-refractivity contribution in [2.75, 3.05) is 6.26 Å². The van der Waals surface area contributed by atoms with E-state index in [4.69, 9.17) is 21.6 Å². The van der Waals surface area contributed by atoms with E-state index in [-0.39, 0.29) is 18.4 Å². The second kappa shape index (κ2) is 7.91. The number of halogens is 1. The maximum absolute atomic E-state index is 5.64. The molecule has 2 rings (SSSR count). The number of furan rings is 1. The number of thiazole rings is 1. The Hall–Kier alpha value is -1.71. The summed E-state index contributed by atoms with van der Waals surface area (Å²) in [7, 11) is 0. The number of amidine groups is 1. The summed E-state index contributed by atoms with van der Waals surface area (Å²) in [6.45, 7) is 0.400. The highest BCUT2D eigenvalue weighted by atomic mass is 35.5. The monoisotopic (exact) mass is 346 g/mol. The van der Waals surface area contributed by atoms with Gasteiger partial charge in [-0.25, -0.2) is 4.98 Å². The molecule has 2 aromatic rings. The van der Waals surface area contributed by atoms with Crippen molar-refractivity contribution in [3.63, 3.8) is 0 Å². The van der Waals surface area contributed by atoms with Gasteiger partial charge < -0.3 is 21.6 Å². The fourth-order valence-electron chi connectivity index (χ4n) is 1.36. The summed E-state index contributed by atoms with van der Waals surface area (Å²) in [5, 5.41) is 2.83. The lowest BCUT2D eigenvalue weighted by Crippen LogP contribution is -2.21. The van der Waals surface area contributed by atoms with E-state index in [1.54, 1.807) is 0 Å². The molecule has 2 heterocycles. The van der Waals surface area contributed by atoms with Gasteiger partial charge in [0.25, 0.3) is 0 Å². The normalized spacial score (nSPS) is 11.0. The molecule has 0 bridgehead atoms. The van der Waals surface area contributed by atoms with Gasteiger partial charge in [0.1, 0.15) is 11.5 Å². The first-order valence-corrected chi connectivity index (χ1v) is 7.67. The summed E-state index contributed by atoms with van der Waals surface area (Å²) in [5.74, 6) is 1.34. The van der Waals surface area contributed by atoms with Crippen molar-refractivity contribution in [1.29, 1.82) is 0 Å². The van der Waals surface area contributed by atoms with Gasteiger partial charge in [-0.15, -0.1) is 23.7 Å². The lowest BCUT2D eigenvalue weighted by atomic mass is 10.3. The van der Waals surface area contributed by atoms with Gasteiger partial charge in [0.2, 0.25) is 5.13 Å². The molecule has 0 saturated heterocycles. The first-order chi connectivity index (χ1) is 9.58. The molecule has 0 aliphatic carbocycles. The number of hydrogen-bond donors (Lipinski definition) is 3. The van der Waals surface area contributed by atoms with Gasteiger partial charge in [-0.3, -0.25) is 4.99 Å². The van der Waals surface area contributed by atoms with E-state index in [1.807, 2.05) is 23.8 Å². The van der Waals surface area contributed by atoms with Crippen LogP contribution in [-0.4, -0.2) is 22.4 Å². The van der Waals surface area contributed by atoms with Crippen LogP contribution in [0.5, 0.6) is 0 Å². The van der Waals surface area contributed by atoms with E-state index in [2.05, 4.69) is 15.0 Å². The van der Waals surface area contributed by atoms with E-state index in [0.29, 0.717) is 34.1 Å². The Labute approximate surface area is 136 Å². The predicted molar refractivity (Wildman–Crippen MR) is 91.4 cm³/mol. The molecule has 0 saturated carbocycles. The molecule has 21 heavy (non-hydrogen) atoms. The van der Waals surface area contributed by atoms with Crippen molar-refractivity contribution >= 4 is 51.8 Å². The second-order valence-electron chi connectivity index (χ2n) is 3.68. The molecule has 0 aliphatic rings. The van der Waals surface area contributed by atoms with Crippen molar-refractivity contribution < 1.29 is 4.42 Å². The molecular formula is C11H15ClN6OS2. The maximum atomic E-state index is 5.64. The summed E-state index contributed by atoms with van der Waals surface area (Å²) in [6.07, 6.45) is 1.87. The molecule has 114 valence electrons. The number of aliphatic imine (C=N–C) groups is 2. The number of hydrogen-bond acceptors (Lipinski definition) is 6. The van der Waals surface area contributed by atoms with Gasteiger partial charge >= 0.3 is 0 Å². The number of aromatic nitrogens is 1. The van der Waals surface area contributed by atoms with Crippen molar-refractivity contribution in [2.45, 2.75) is 6.54 Å². The van der Waals surface area contributed by atoms with Crippen LogP contribution < -0.4 is 17.2 Å². The zero-order valence-corrected chi connectivity index (χ0v) is 13.6. The zero-order chi connectivity index (χ0) is 14.5. The Morgan fingerprint density at radius 2 is 2.14 bits per heavy atom. The third-order valence-corrected chi connectivity index (χ3v) is 3.51. The van der Waals surface area contributed by atoms with Crippen LogP contribution in [0.4, 0.5) is 5.13 Å². The topological polar surface area (TPSA) is 129 Å². The lowest BCUT2D eigenvalue weighted by molar-refractivity contribution is 0.524. The Morgan fingerprint density at radius 3 is 2.81 bits per heavy atom.